The number of hydrogen-bond donors (Lipinski definition) is 0. The summed E-state index contributed by atoms with van der Waals surface area (Å²) < 4.78 is 6.68. The van der Waals surface area contributed by atoms with E-state index in [2.05, 4.69) is 0 Å². The first-order chi connectivity index (χ1) is 8.54. The second kappa shape index (κ2) is 4.64. The molecule has 0 aliphatic rings. The molecular weight excluding hydrogens is 230 g/mol. The third kappa shape index (κ3) is 2.01. The SMILES string of the molecule is CCOC(=O)c1cc(C(C)=O)c2cc(C)ccn12. The Kier molecular flexibility index (Phi) is 3.19. The number of rotatable bonds is 3. The number of ketones is 1. The summed E-state index contributed by atoms with van der Waals surface area (Å²) in [4.78, 5) is 23.4. The summed E-state index contributed by atoms with van der Waals surface area (Å²) in [6.07, 6.45) is 1.78. The van der Waals surface area contributed by atoms with Gasteiger partial charge in [0.05, 0.1) is 12.1 Å². The van der Waals surface area contributed by atoms with Crippen LogP contribution >= 0.6 is 0 Å². The van der Waals surface area contributed by atoms with Crippen LogP contribution in [-0.2, 0) is 4.74 Å². The quantitative estimate of drug-likeness (QED) is 0.617. The van der Waals surface area contributed by atoms with Crippen LogP contribution in [0.1, 0.15) is 40.3 Å². The molecule has 0 fully saturated rings. The predicted octanol–water partition coefficient (Wildman–Crippen LogP) is 2.63. The van der Waals surface area contributed by atoms with Crippen molar-refractivity contribution in [3.63, 3.8) is 0 Å². The summed E-state index contributed by atoms with van der Waals surface area (Å²) in [5.41, 5.74) is 2.71. The molecule has 2 heterocycles. The lowest BCUT2D eigenvalue weighted by atomic mass is 10.1. The molecule has 0 unspecified atom stereocenters. The van der Waals surface area contributed by atoms with Crippen molar-refractivity contribution < 1.29 is 14.3 Å². The number of nitrogens with zero attached hydrogens (tertiary/aromatic N) is 1. The molecular formula is C14H15NO3. The van der Waals surface area contributed by atoms with E-state index in [1.165, 1.54) is 6.92 Å². The zero-order valence-electron chi connectivity index (χ0n) is 10.7. The van der Waals surface area contributed by atoms with Crippen molar-refractivity contribution in [2.24, 2.45) is 0 Å². The minimum absolute atomic E-state index is 0.0614. The van der Waals surface area contributed by atoms with Crippen LogP contribution in [-0.4, -0.2) is 22.8 Å². The molecule has 0 saturated heterocycles. The van der Waals surface area contributed by atoms with Gasteiger partial charge in [0.25, 0.3) is 0 Å². The van der Waals surface area contributed by atoms with Gasteiger partial charge in [-0.15, -0.1) is 0 Å². The topological polar surface area (TPSA) is 47.8 Å². The molecule has 0 radical (unpaired) electrons. The lowest BCUT2D eigenvalue weighted by molar-refractivity contribution is 0.0518. The van der Waals surface area contributed by atoms with Gasteiger partial charge >= 0.3 is 5.97 Å². The minimum atomic E-state index is -0.413. The maximum Gasteiger partial charge on any atom is 0.355 e. The Hall–Kier alpha value is -2.10. The Morgan fingerprint density at radius 2 is 2.06 bits per heavy atom. The van der Waals surface area contributed by atoms with E-state index >= 15 is 0 Å². The molecule has 4 nitrogen and oxygen atoms in total. The highest BCUT2D eigenvalue weighted by molar-refractivity contribution is 6.04. The summed E-state index contributed by atoms with van der Waals surface area (Å²) in [5.74, 6) is -0.475. The van der Waals surface area contributed by atoms with Crippen LogP contribution < -0.4 is 0 Å². The van der Waals surface area contributed by atoms with Crippen molar-refractivity contribution in [1.29, 1.82) is 0 Å². The minimum Gasteiger partial charge on any atom is -0.461 e. The first-order valence-corrected chi connectivity index (χ1v) is 5.84. The number of fused-ring (bicyclic) bond motifs is 1. The van der Waals surface area contributed by atoms with Crippen molar-refractivity contribution in [2.45, 2.75) is 20.8 Å². The van der Waals surface area contributed by atoms with Crippen molar-refractivity contribution in [2.75, 3.05) is 6.61 Å². The summed E-state index contributed by atoms with van der Waals surface area (Å²) in [7, 11) is 0. The zero-order valence-corrected chi connectivity index (χ0v) is 10.7. The van der Waals surface area contributed by atoms with Gasteiger partial charge in [0.15, 0.2) is 5.78 Å². The van der Waals surface area contributed by atoms with Gasteiger partial charge in [-0.25, -0.2) is 4.79 Å². The van der Waals surface area contributed by atoms with Gasteiger partial charge in [-0.2, -0.15) is 0 Å². The largest absolute Gasteiger partial charge is 0.461 e. The van der Waals surface area contributed by atoms with Crippen LogP contribution in [0, 0.1) is 6.92 Å². The van der Waals surface area contributed by atoms with E-state index in [9.17, 15) is 9.59 Å². The van der Waals surface area contributed by atoms with Gasteiger partial charge in [0, 0.05) is 11.8 Å². The summed E-state index contributed by atoms with van der Waals surface area (Å²) in [5, 5.41) is 0. The van der Waals surface area contributed by atoms with E-state index < -0.39 is 5.97 Å². The highest BCUT2D eigenvalue weighted by Crippen LogP contribution is 2.19. The second-order valence-electron chi connectivity index (χ2n) is 4.18. The number of hydrogen-bond acceptors (Lipinski definition) is 3. The number of pyridine rings is 1. The number of aryl methyl sites for hydroxylation is 1. The molecule has 0 aromatic carbocycles. The normalized spacial score (nSPS) is 10.6. The fraction of sp³-hybridized carbons (Fsp3) is 0.286. The Labute approximate surface area is 105 Å². The van der Waals surface area contributed by atoms with Crippen molar-refractivity contribution in [3.05, 3.63) is 41.2 Å². The summed E-state index contributed by atoms with van der Waals surface area (Å²) in [6.45, 7) is 5.50. The second-order valence-corrected chi connectivity index (χ2v) is 4.18. The number of ether oxygens (including phenoxy) is 1. The standard InChI is InChI=1S/C14H15NO3/c1-4-18-14(17)13-8-11(10(3)16)12-7-9(2)5-6-15(12)13/h5-8H,4H2,1-3H3. The first-order valence-electron chi connectivity index (χ1n) is 5.84. The highest BCUT2D eigenvalue weighted by atomic mass is 16.5. The van der Waals surface area contributed by atoms with Gasteiger partial charge in [-0.05, 0) is 44.5 Å². The smallest absolute Gasteiger partial charge is 0.355 e. The molecule has 0 atom stereocenters. The van der Waals surface area contributed by atoms with Gasteiger partial charge in [-0.3, -0.25) is 4.79 Å². The van der Waals surface area contributed by atoms with E-state index in [1.54, 1.807) is 23.6 Å². The number of aromatic nitrogens is 1. The monoisotopic (exact) mass is 245 g/mol. The van der Waals surface area contributed by atoms with Crippen LogP contribution in [0.3, 0.4) is 0 Å². The lowest BCUT2D eigenvalue weighted by Crippen LogP contribution is -2.07. The molecule has 4 heteroatoms. The lowest BCUT2D eigenvalue weighted by Gasteiger charge is -2.03. The van der Waals surface area contributed by atoms with Crippen molar-refractivity contribution in [1.82, 2.24) is 4.40 Å². The fourth-order valence-corrected chi connectivity index (χ4v) is 1.95. The predicted molar refractivity (Wildman–Crippen MR) is 68.1 cm³/mol. The van der Waals surface area contributed by atoms with Crippen LogP contribution in [0.15, 0.2) is 24.4 Å². The van der Waals surface area contributed by atoms with Gasteiger partial charge in [0.2, 0.25) is 0 Å². The Morgan fingerprint density at radius 1 is 1.33 bits per heavy atom. The van der Waals surface area contributed by atoms with Crippen LogP contribution in [0.4, 0.5) is 0 Å². The molecule has 18 heavy (non-hydrogen) atoms. The van der Waals surface area contributed by atoms with Gasteiger partial charge in [0.1, 0.15) is 5.69 Å². The van der Waals surface area contributed by atoms with Crippen LogP contribution in [0.2, 0.25) is 0 Å². The number of carbonyl (C=O) groups excluding carboxylic acids is 2. The molecule has 0 aliphatic carbocycles. The van der Waals surface area contributed by atoms with E-state index in [0.29, 0.717) is 17.9 Å². The van der Waals surface area contributed by atoms with E-state index in [-0.39, 0.29) is 5.78 Å². The molecule has 0 aliphatic heterocycles. The Morgan fingerprint density at radius 3 is 2.67 bits per heavy atom. The molecule has 0 bridgehead atoms. The maximum absolute atomic E-state index is 11.8. The Balaban J connectivity index is 2.68. The van der Waals surface area contributed by atoms with Crippen molar-refractivity contribution in [3.8, 4) is 0 Å². The molecule has 0 spiro atoms. The Bertz CT molecular complexity index is 625. The van der Waals surface area contributed by atoms with Crippen LogP contribution in [0.5, 0.6) is 0 Å². The highest BCUT2D eigenvalue weighted by Gasteiger charge is 2.18. The van der Waals surface area contributed by atoms with E-state index in [1.807, 2.05) is 19.1 Å². The zero-order chi connectivity index (χ0) is 13.3. The molecule has 2 aromatic rings. The van der Waals surface area contributed by atoms with Gasteiger partial charge in [-0.1, -0.05) is 0 Å². The van der Waals surface area contributed by atoms with E-state index in [4.69, 9.17) is 4.74 Å². The molecule has 0 N–H and O–H groups in total. The molecule has 94 valence electrons. The summed E-state index contributed by atoms with van der Waals surface area (Å²) >= 11 is 0. The molecule has 2 rings (SSSR count). The average molecular weight is 245 g/mol. The van der Waals surface area contributed by atoms with E-state index in [0.717, 1.165) is 11.1 Å². The molecule has 0 saturated carbocycles. The third-order valence-corrected chi connectivity index (χ3v) is 2.79. The fourth-order valence-electron chi connectivity index (χ4n) is 1.95. The molecule has 2 aromatic heterocycles. The maximum atomic E-state index is 11.8. The van der Waals surface area contributed by atoms with Gasteiger partial charge < -0.3 is 9.14 Å². The summed E-state index contributed by atoms with van der Waals surface area (Å²) in [6, 6.07) is 5.37. The van der Waals surface area contributed by atoms with Crippen LogP contribution in [0.25, 0.3) is 5.52 Å². The average Bonchev–Trinajstić information content (AvgIpc) is 2.68. The third-order valence-electron chi connectivity index (χ3n) is 2.79. The number of Topliss-reactive ketones (excluding diaryl/α,β-unsaturated/α-hetero) is 1. The number of esters is 1. The first kappa shape index (κ1) is 12.4. The number of carbonyl (C=O) groups is 2. The van der Waals surface area contributed by atoms with Crippen molar-refractivity contribution >= 4 is 17.3 Å². The molecule has 0 amide bonds.